The lowest BCUT2D eigenvalue weighted by Gasteiger charge is -2.22. The molecule has 2 aromatic carbocycles. The van der Waals surface area contributed by atoms with E-state index in [4.69, 9.17) is 9.47 Å². The van der Waals surface area contributed by atoms with Crippen LogP contribution in [0.25, 0.3) is 0 Å². The van der Waals surface area contributed by atoms with Crippen LogP contribution in [-0.2, 0) is 14.8 Å². The molecule has 0 fully saturated rings. The van der Waals surface area contributed by atoms with E-state index >= 15 is 0 Å². The molecule has 0 radical (unpaired) electrons. The van der Waals surface area contributed by atoms with Gasteiger partial charge in [0.2, 0.25) is 15.9 Å². The second kappa shape index (κ2) is 9.27. The van der Waals surface area contributed by atoms with Crippen LogP contribution in [0.5, 0.6) is 11.5 Å². The number of methoxy groups -OCH3 is 1. The maximum Gasteiger partial charge on any atom is 0.245 e. The molecule has 1 amide bonds. The molecule has 0 aliphatic heterocycles. The summed E-state index contributed by atoms with van der Waals surface area (Å²) in [5, 5.41) is 2.68. The highest BCUT2D eigenvalue weighted by Gasteiger charge is 2.21. The fourth-order valence-electron chi connectivity index (χ4n) is 2.40. The average molecular weight is 392 g/mol. The number of hydrogen-bond donors (Lipinski definition) is 1. The van der Waals surface area contributed by atoms with Crippen molar-refractivity contribution < 1.29 is 22.7 Å². The number of benzene rings is 2. The fourth-order valence-corrected chi connectivity index (χ4v) is 3.25. The zero-order chi connectivity index (χ0) is 19.9. The number of carbonyl (C=O) groups is 1. The molecule has 0 unspecified atom stereocenters. The Kier molecular flexibility index (Phi) is 7.06. The van der Waals surface area contributed by atoms with Gasteiger partial charge < -0.3 is 14.8 Å². The lowest BCUT2D eigenvalue weighted by atomic mass is 10.3. The number of hydrogen-bond acceptors (Lipinski definition) is 5. The third-order valence-electron chi connectivity index (χ3n) is 3.67. The zero-order valence-corrected chi connectivity index (χ0v) is 16.5. The highest BCUT2D eigenvalue weighted by Crippen LogP contribution is 2.24. The molecule has 0 aromatic heterocycles. The molecule has 0 saturated heterocycles. The largest absolute Gasteiger partial charge is 0.495 e. The van der Waals surface area contributed by atoms with Crippen LogP contribution < -0.4 is 19.1 Å². The quantitative estimate of drug-likeness (QED) is 0.709. The SMILES string of the molecule is CCCOc1ccc(N(CC(=O)Nc2ccccc2OC)S(C)(=O)=O)cc1. The Morgan fingerprint density at radius 2 is 1.78 bits per heavy atom. The van der Waals surface area contributed by atoms with E-state index in [1.807, 2.05) is 6.92 Å². The van der Waals surface area contributed by atoms with Crippen LogP contribution in [0.4, 0.5) is 11.4 Å². The number of carbonyl (C=O) groups excluding carboxylic acids is 1. The molecule has 0 aliphatic carbocycles. The number of para-hydroxylation sites is 2. The van der Waals surface area contributed by atoms with E-state index < -0.39 is 15.9 Å². The van der Waals surface area contributed by atoms with Crippen LogP contribution >= 0.6 is 0 Å². The molecule has 0 aliphatic rings. The molecule has 8 heteroatoms. The molecule has 0 atom stereocenters. The Morgan fingerprint density at radius 3 is 2.37 bits per heavy atom. The van der Waals surface area contributed by atoms with Gasteiger partial charge in [0.05, 0.1) is 31.3 Å². The topological polar surface area (TPSA) is 84.9 Å². The zero-order valence-electron chi connectivity index (χ0n) is 15.6. The highest BCUT2D eigenvalue weighted by atomic mass is 32.2. The van der Waals surface area contributed by atoms with E-state index in [-0.39, 0.29) is 6.54 Å². The van der Waals surface area contributed by atoms with E-state index in [0.29, 0.717) is 29.5 Å². The van der Waals surface area contributed by atoms with Gasteiger partial charge in [-0.05, 0) is 42.8 Å². The summed E-state index contributed by atoms with van der Waals surface area (Å²) < 4.78 is 36.1. The van der Waals surface area contributed by atoms with Gasteiger partial charge in [-0.15, -0.1) is 0 Å². The first-order valence-electron chi connectivity index (χ1n) is 8.48. The molecule has 0 bridgehead atoms. The van der Waals surface area contributed by atoms with E-state index in [1.54, 1.807) is 48.5 Å². The lowest BCUT2D eigenvalue weighted by Crippen LogP contribution is -2.37. The Morgan fingerprint density at radius 1 is 1.11 bits per heavy atom. The first kappa shape index (κ1) is 20.6. The van der Waals surface area contributed by atoms with Crippen LogP contribution in [-0.4, -0.2) is 40.8 Å². The summed E-state index contributed by atoms with van der Waals surface area (Å²) in [5.74, 6) is 0.665. The van der Waals surface area contributed by atoms with Gasteiger partial charge >= 0.3 is 0 Å². The van der Waals surface area contributed by atoms with Crippen LogP contribution in [0.15, 0.2) is 48.5 Å². The lowest BCUT2D eigenvalue weighted by molar-refractivity contribution is -0.114. The van der Waals surface area contributed by atoms with E-state index in [2.05, 4.69) is 5.32 Å². The Bertz CT molecular complexity index is 866. The molecule has 2 aromatic rings. The van der Waals surface area contributed by atoms with Crippen molar-refractivity contribution in [2.45, 2.75) is 13.3 Å². The van der Waals surface area contributed by atoms with Gasteiger partial charge in [0.1, 0.15) is 18.0 Å². The van der Waals surface area contributed by atoms with Gasteiger partial charge in [0.15, 0.2) is 0 Å². The summed E-state index contributed by atoms with van der Waals surface area (Å²) in [6, 6.07) is 13.5. The Balaban J connectivity index is 2.16. The van der Waals surface area contributed by atoms with Gasteiger partial charge in [-0.2, -0.15) is 0 Å². The van der Waals surface area contributed by atoms with Crippen molar-refractivity contribution in [3.8, 4) is 11.5 Å². The van der Waals surface area contributed by atoms with E-state index in [9.17, 15) is 13.2 Å². The number of ether oxygens (including phenoxy) is 2. The number of sulfonamides is 1. The molecule has 0 saturated carbocycles. The summed E-state index contributed by atoms with van der Waals surface area (Å²) in [5.41, 5.74) is 0.860. The molecule has 7 nitrogen and oxygen atoms in total. The van der Waals surface area contributed by atoms with Crippen molar-refractivity contribution in [2.75, 3.05) is 36.1 Å². The number of nitrogens with zero attached hydrogens (tertiary/aromatic N) is 1. The second-order valence-electron chi connectivity index (χ2n) is 5.86. The van der Waals surface area contributed by atoms with Crippen LogP contribution in [0.2, 0.25) is 0 Å². The van der Waals surface area contributed by atoms with Crippen LogP contribution in [0.1, 0.15) is 13.3 Å². The third kappa shape index (κ3) is 5.89. The first-order valence-corrected chi connectivity index (χ1v) is 10.3. The number of anilines is 2. The molecule has 27 heavy (non-hydrogen) atoms. The van der Waals surface area contributed by atoms with E-state index in [1.165, 1.54) is 7.11 Å². The van der Waals surface area contributed by atoms with Crippen molar-refractivity contribution in [3.05, 3.63) is 48.5 Å². The summed E-state index contributed by atoms with van der Waals surface area (Å²) in [6.07, 6.45) is 1.94. The predicted molar refractivity (Wildman–Crippen MR) is 106 cm³/mol. The Labute approximate surface area is 160 Å². The van der Waals surface area contributed by atoms with Gasteiger partial charge in [0, 0.05) is 0 Å². The number of rotatable bonds is 9. The summed E-state index contributed by atoms with van der Waals surface area (Å²) in [4.78, 5) is 12.4. The van der Waals surface area contributed by atoms with Crippen molar-refractivity contribution in [3.63, 3.8) is 0 Å². The standard InChI is InChI=1S/C19H24N2O5S/c1-4-13-26-16-11-9-15(10-12-16)21(27(3,23)24)14-19(22)20-17-7-5-6-8-18(17)25-2/h5-12H,4,13-14H2,1-3H3,(H,20,22). The van der Waals surface area contributed by atoms with Crippen molar-refractivity contribution in [2.24, 2.45) is 0 Å². The number of nitrogens with one attached hydrogen (secondary N) is 1. The van der Waals surface area contributed by atoms with Gasteiger partial charge in [0.25, 0.3) is 0 Å². The second-order valence-corrected chi connectivity index (χ2v) is 7.77. The van der Waals surface area contributed by atoms with Gasteiger partial charge in [-0.25, -0.2) is 8.42 Å². The average Bonchev–Trinajstić information content (AvgIpc) is 2.64. The maximum atomic E-state index is 12.4. The van der Waals surface area contributed by atoms with Gasteiger partial charge in [-0.3, -0.25) is 9.10 Å². The minimum Gasteiger partial charge on any atom is -0.495 e. The smallest absolute Gasteiger partial charge is 0.245 e. The molecule has 0 heterocycles. The van der Waals surface area contributed by atoms with Crippen LogP contribution in [0.3, 0.4) is 0 Å². The monoisotopic (exact) mass is 392 g/mol. The fraction of sp³-hybridized carbons (Fsp3) is 0.316. The van der Waals surface area contributed by atoms with E-state index in [0.717, 1.165) is 17.0 Å². The van der Waals surface area contributed by atoms with Crippen molar-refractivity contribution in [1.29, 1.82) is 0 Å². The molecule has 0 spiro atoms. The minimum absolute atomic E-state index is 0.355. The normalized spacial score (nSPS) is 10.9. The minimum atomic E-state index is -3.65. The van der Waals surface area contributed by atoms with Crippen LogP contribution in [0, 0.1) is 0 Å². The first-order chi connectivity index (χ1) is 12.8. The summed E-state index contributed by atoms with van der Waals surface area (Å²) in [6.45, 7) is 2.22. The molecular weight excluding hydrogens is 368 g/mol. The van der Waals surface area contributed by atoms with Crippen molar-refractivity contribution >= 4 is 27.3 Å². The molecule has 146 valence electrons. The summed E-state index contributed by atoms with van der Waals surface area (Å²) >= 11 is 0. The van der Waals surface area contributed by atoms with Crippen molar-refractivity contribution in [1.82, 2.24) is 0 Å². The molecule has 2 rings (SSSR count). The molecular formula is C19H24N2O5S. The highest BCUT2D eigenvalue weighted by molar-refractivity contribution is 7.92. The van der Waals surface area contributed by atoms with Gasteiger partial charge in [-0.1, -0.05) is 19.1 Å². The number of amides is 1. The third-order valence-corrected chi connectivity index (χ3v) is 4.81. The molecule has 1 N–H and O–H groups in total. The summed E-state index contributed by atoms with van der Waals surface area (Å²) in [7, 11) is -2.15. The predicted octanol–water partition coefficient (Wildman–Crippen LogP) is 2.89. The maximum absolute atomic E-state index is 12.4. The Hall–Kier alpha value is -2.74.